The first-order chi connectivity index (χ1) is 12.2. The van der Waals surface area contributed by atoms with Gasteiger partial charge >= 0.3 is 0 Å². The molecule has 0 spiro atoms. The van der Waals surface area contributed by atoms with Crippen molar-refractivity contribution in [3.05, 3.63) is 53.0 Å². The van der Waals surface area contributed by atoms with Crippen molar-refractivity contribution in [3.63, 3.8) is 0 Å². The number of thioether (sulfide) groups is 1. The molecule has 2 aromatic rings. The SMILES string of the molecule is COc1cccc(NC(N)=NCCSCCOc2cccc(Br)c2)c1.I. The number of methoxy groups -OCH3 is 1. The number of nitrogens with one attached hydrogen (secondary N) is 1. The molecule has 8 heteroatoms. The van der Waals surface area contributed by atoms with E-state index in [0.29, 0.717) is 19.1 Å². The Morgan fingerprint density at radius 3 is 2.69 bits per heavy atom. The van der Waals surface area contributed by atoms with Crippen LogP contribution in [0.15, 0.2) is 58.0 Å². The molecule has 0 unspecified atom stereocenters. The summed E-state index contributed by atoms with van der Waals surface area (Å²) < 4.78 is 11.9. The summed E-state index contributed by atoms with van der Waals surface area (Å²) in [5, 5.41) is 3.05. The molecule has 0 atom stereocenters. The summed E-state index contributed by atoms with van der Waals surface area (Å²) in [6.45, 7) is 1.33. The molecular formula is C18H23BrIN3O2S. The van der Waals surface area contributed by atoms with Gasteiger partial charge in [0.05, 0.1) is 20.3 Å². The number of nitrogens with two attached hydrogens (primary N) is 1. The average molecular weight is 552 g/mol. The van der Waals surface area contributed by atoms with E-state index in [-0.39, 0.29) is 24.0 Å². The third kappa shape index (κ3) is 9.00. The standard InChI is InChI=1S/C18H22BrN3O2S.HI/c1-23-16-6-3-5-15(13-16)22-18(20)21-8-10-25-11-9-24-17-7-2-4-14(19)12-17;/h2-7,12-13H,8-11H2,1H3,(H3,20,21,22);1H. The predicted octanol–water partition coefficient (Wildman–Crippen LogP) is 4.61. The maximum Gasteiger partial charge on any atom is 0.193 e. The smallest absolute Gasteiger partial charge is 0.193 e. The molecule has 3 N–H and O–H groups in total. The van der Waals surface area contributed by atoms with Gasteiger partial charge in [-0.2, -0.15) is 11.8 Å². The van der Waals surface area contributed by atoms with Crippen molar-refractivity contribution in [2.24, 2.45) is 10.7 Å². The van der Waals surface area contributed by atoms with Gasteiger partial charge < -0.3 is 20.5 Å². The Kier molecular flexibility index (Phi) is 11.5. The Morgan fingerprint density at radius 1 is 1.15 bits per heavy atom. The molecule has 0 heterocycles. The molecule has 0 radical (unpaired) electrons. The van der Waals surface area contributed by atoms with Crippen LogP contribution in [0.1, 0.15) is 0 Å². The van der Waals surface area contributed by atoms with Crippen LogP contribution in [-0.4, -0.2) is 37.7 Å². The third-order valence-electron chi connectivity index (χ3n) is 3.15. The molecule has 0 amide bonds. The highest BCUT2D eigenvalue weighted by Gasteiger charge is 1.98. The highest BCUT2D eigenvalue weighted by Crippen LogP contribution is 2.18. The van der Waals surface area contributed by atoms with Crippen LogP contribution in [0.25, 0.3) is 0 Å². The Balaban J connectivity index is 0.00000338. The van der Waals surface area contributed by atoms with Crippen LogP contribution in [0.2, 0.25) is 0 Å². The molecule has 0 aromatic heterocycles. The fraction of sp³-hybridized carbons (Fsp3) is 0.278. The van der Waals surface area contributed by atoms with E-state index in [1.54, 1.807) is 18.9 Å². The lowest BCUT2D eigenvalue weighted by Gasteiger charge is -2.07. The minimum atomic E-state index is 0. The van der Waals surface area contributed by atoms with Crippen molar-refractivity contribution < 1.29 is 9.47 Å². The largest absolute Gasteiger partial charge is 0.497 e. The predicted molar refractivity (Wildman–Crippen MR) is 125 cm³/mol. The molecular weight excluding hydrogens is 529 g/mol. The van der Waals surface area contributed by atoms with Gasteiger partial charge in [0.25, 0.3) is 0 Å². The van der Waals surface area contributed by atoms with Crippen molar-refractivity contribution in [1.82, 2.24) is 0 Å². The molecule has 26 heavy (non-hydrogen) atoms. The highest BCUT2D eigenvalue weighted by atomic mass is 127. The first kappa shape index (κ1) is 22.9. The van der Waals surface area contributed by atoms with Gasteiger partial charge in [0.1, 0.15) is 11.5 Å². The molecule has 0 saturated heterocycles. The lowest BCUT2D eigenvalue weighted by Crippen LogP contribution is -2.23. The molecule has 0 aliphatic carbocycles. The highest BCUT2D eigenvalue weighted by molar-refractivity contribution is 14.0. The fourth-order valence-electron chi connectivity index (χ4n) is 2.00. The van der Waals surface area contributed by atoms with Crippen molar-refractivity contribution >= 4 is 63.3 Å². The van der Waals surface area contributed by atoms with Gasteiger partial charge in [-0.15, -0.1) is 24.0 Å². The first-order valence-corrected chi connectivity index (χ1v) is 9.79. The molecule has 5 nitrogen and oxygen atoms in total. The van der Waals surface area contributed by atoms with E-state index in [2.05, 4.69) is 26.2 Å². The van der Waals surface area contributed by atoms with Crippen molar-refractivity contribution in [2.75, 3.05) is 37.1 Å². The molecule has 2 rings (SSSR count). The second-order valence-corrected chi connectivity index (χ2v) is 7.18. The Hall–Kier alpha value is -1.13. The van der Waals surface area contributed by atoms with Crippen molar-refractivity contribution in [1.29, 1.82) is 0 Å². The topological polar surface area (TPSA) is 68.9 Å². The second kappa shape index (κ2) is 13.1. The monoisotopic (exact) mass is 551 g/mol. The van der Waals surface area contributed by atoms with Gasteiger partial charge in [-0.3, -0.25) is 4.99 Å². The summed E-state index contributed by atoms with van der Waals surface area (Å²) in [6.07, 6.45) is 0. The number of aliphatic imine (C=N–C) groups is 1. The summed E-state index contributed by atoms with van der Waals surface area (Å²) in [6, 6.07) is 15.4. The molecule has 0 aliphatic rings. The van der Waals surface area contributed by atoms with Crippen LogP contribution in [0.4, 0.5) is 5.69 Å². The van der Waals surface area contributed by atoms with Gasteiger partial charge in [-0.1, -0.05) is 28.1 Å². The summed E-state index contributed by atoms with van der Waals surface area (Å²) in [4.78, 5) is 4.32. The number of benzene rings is 2. The molecule has 0 fully saturated rings. The average Bonchev–Trinajstić information content (AvgIpc) is 2.61. The quantitative estimate of drug-likeness (QED) is 0.206. The number of nitrogens with zero attached hydrogens (tertiary/aromatic N) is 1. The lowest BCUT2D eigenvalue weighted by atomic mass is 10.3. The van der Waals surface area contributed by atoms with Gasteiger partial charge in [0.15, 0.2) is 5.96 Å². The van der Waals surface area contributed by atoms with Gasteiger partial charge in [0, 0.05) is 27.7 Å². The molecule has 0 saturated carbocycles. The number of hydrogen-bond donors (Lipinski definition) is 2. The Bertz CT molecular complexity index is 704. The molecule has 0 aliphatic heterocycles. The van der Waals surface area contributed by atoms with E-state index >= 15 is 0 Å². The zero-order valence-corrected chi connectivity index (χ0v) is 19.2. The number of ether oxygens (including phenoxy) is 2. The summed E-state index contributed by atoms with van der Waals surface area (Å²) in [5.41, 5.74) is 6.75. The minimum absolute atomic E-state index is 0. The zero-order valence-electron chi connectivity index (χ0n) is 14.5. The lowest BCUT2D eigenvalue weighted by molar-refractivity contribution is 0.344. The normalized spacial score (nSPS) is 10.8. The zero-order chi connectivity index (χ0) is 17.9. The maximum atomic E-state index is 5.89. The summed E-state index contributed by atoms with van der Waals surface area (Å²) in [7, 11) is 1.63. The van der Waals surface area contributed by atoms with E-state index < -0.39 is 0 Å². The maximum absolute atomic E-state index is 5.89. The van der Waals surface area contributed by atoms with Crippen LogP contribution < -0.4 is 20.5 Å². The van der Waals surface area contributed by atoms with Gasteiger partial charge in [-0.05, 0) is 30.3 Å². The van der Waals surface area contributed by atoms with Crippen molar-refractivity contribution in [3.8, 4) is 11.5 Å². The number of halogens is 2. The second-order valence-electron chi connectivity index (χ2n) is 5.04. The molecule has 2 aromatic carbocycles. The number of anilines is 1. The van der Waals surface area contributed by atoms with E-state index in [0.717, 1.165) is 33.2 Å². The van der Waals surface area contributed by atoms with E-state index in [1.807, 2.05) is 48.5 Å². The van der Waals surface area contributed by atoms with E-state index in [1.165, 1.54) is 0 Å². The minimum Gasteiger partial charge on any atom is -0.497 e. The van der Waals surface area contributed by atoms with Crippen LogP contribution in [0, 0.1) is 0 Å². The number of guanidine groups is 1. The Labute approximate surface area is 184 Å². The van der Waals surface area contributed by atoms with Gasteiger partial charge in [0.2, 0.25) is 0 Å². The van der Waals surface area contributed by atoms with Crippen LogP contribution >= 0.6 is 51.7 Å². The fourth-order valence-corrected chi connectivity index (χ4v) is 3.00. The first-order valence-electron chi connectivity index (χ1n) is 7.84. The van der Waals surface area contributed by atoms with E-state index in [9.17, 15) is 0 Å². The summed E-state index contributed by atoms with van der Waals surface area (Å²) in [5.74, 6) is 3.85. The van der Waals surface area contributed by atoms with Gasteiger partial charge in [-0.25, -0.2) is 0 Å². The number of rotatable bonds is 9. The molecule has 0 bridgehead atoms. The van der Waals surface area contributed by atoms with Crippen LogP contribution in [-0.2, 0) is 0 Å². The van der Waals surface area contributed by atoms with E-state index in [4.69, 9.17) is 15.2 Å². The van der Waals surface area contributed by atoms with Crippen LogP contribution in [0.5, 0.6) is 11.5 Å². The number of hydrogen-bond acceptors (Lipinski definition) is 4. The van der Waals surface area contributed by atoms with Crippen LogP contribution in [0.3, 0.4) is 0 Å². The molecule has 142 valence electrons. The summed E-state index contributed by atoms with van der Waals surface area (Å²) >= 11 is 5.21. The third-order valence-corrected chi connectivity index (χ3v) is 4.57. The van der Waals surface area contributed by atoms with Crippen molar-refractivity contribution in [2.45, 2.75) is 0 Å². The Morgan fingerprint density at radius 2 is 1.92 bits per heavy atom.